The van der Waals surface area contributed by atoms with Gasteiger partial charge in [-0.3, -0.25) is 9.78 Å². The van der Waals surface area contributed by atoms with Crippen molar-refractivity contribution in [3.63, 3.8) is 0 Å². The topological polar surface area (TPSA) is 82.5 Å². The molecular formula is C12H15N3O3. The van der Waals surface area contributed by atoms with Crippen molar-refractivity contribution in [3.8, 4) is 0 Å². The zero-order chi connectivity index (χ0) is 13.0. The third-order valence-electron chi connectivity index (χ3n) is 2.96. The first-order valence-electron chi connectivity index (χ1n) is 5.86. The summed E-state index contributed by atoms with van der Waals surface area (Å²) >= 11 is 0. The highest BCUT2D eigenvalue weighted by molar-refractivity contribution is 5.89. The molecule has 1 unspecified atom stereocenters. The van der Waals surface area contributed by atoms with E-state index in [2.05, 4.69) is 10.3 Å². The van der Waals surface area contributed by atoms with Crippen LogP contribution in [0, 0.1) is 0 Å². The van der Waals surface area contributed by atoms with Gasteiger partial charge in [-0.05, 0) is 25.0 Å². The Hall–Kier alpha value is -2.11. The molecule has 0 saturated carbocycles. The Morgan fingerprint density at radius 2 is 2.39 bits per heavy atom. The lowest BCUT2D eigenvalue weighted by Gasteiger charge is -2.23. The standard InChI is InChI=1S/C12H15N3O3/c16-11(17)7-10-4-2-6-15(10)12(18)14-9-3-1-5-13-8-9/h1,3,5,8,10H,2,4,6-7H2,(H,14,18)(H,16,17). The largest absolute Gasteiger partial charge is 0.481 e. The molecule has 0 radical (unpaired) electrons. The van der Waals surface area contributed by atoms with Crippen molar-refractivity contribution in [2.24, 2.45) is 0 Å². The number of carboxylic acids is 1. The highest BCUT2D eigenvalue weighted by Gasteiger charge is 2.30. The van der Waals surface area contributed by atoms with Crippen molar-refractivity contribution < 1.29 is 14.7 Å². The molecule has 1 aliphatic heterocycles. The molecule has 18 heavy (non-hydrogen) atoms. The van der Waals surface area contributed by atoms with Crippen LogP contribution in [0.2, 0.25) is 0 Å². The zero-order valence-electron chi connectivity index (χ0n) is 9.87. The van der Waals surface area contributed by atoms with Gasteiger partial charge in [-0.2, -0.15) is 0 Å². The van der Waals surface area contributed by atoms with Crippen LogP contribution >= 0.6 is 0 Å². The number of amides is 2. The maximum atomic E-state index is 12.0. The van der Waals surface area contributed by atoms with Crippen LogP contribution in [0.15, 0.2) is 24.5 Å². The molecule has 2 heterocycles. The van der Waals surface area contributed by atoms with Crippen molar-refractivity contribution in [3.05, 3.63) is 24.5 Å². The molecule has 6 nitrogen and oxygen atoms in total. The number of aliphatic carboxylic acids is 1. The number of pyridine rings is 1. The van der Waals surface area contributed by atoms with Gasteiger partial charge in [-0.1, -0.05) is 0 Å². The number of nitrogens with one attached hydrogen (secondary N) is 1. The number of nitrogens with zero attached hydrogens (tertiary/aromatic N) is 2. The fourth-order valence-electron chi connectivity index (χ4n) is 2.15. The second-order valence-corrected chi connectivity index (χ2v) is 4.26. The van der Waals surface area contributed by atoms with E-state index in [1.165, 1.54) is 0 Å². The molecule has 2 amide bonds. The van der Waals surface area contributed by atoms with Crippen molar-refractivity contribution >= 4 is 17.7 Å². The summed E-state index contributed by atoms with van der Waals surface area (Å²) in [5.74, 6) is -0.874. The van der Waals surface area contributed by atoms with Gasteiger partial charge in [0.2, 0.25) is 0 Å². The van der Waals surface area contributed by atoms with Crippen LogP contribution in [0.3, 0.4) is 0 Å². The van der Waals surface area contributed by atoms with Crippen molar-refractivity contribution in [2.75, 3.05) is 11.9 Å². The van der Waals surface area contributed by atoms with E-state index in [1.54, 1.807) is 29.4 Å². The number of carboxylic acid groups (broad SMARTS) is 1. The highest BCUT2D eigenvalue weighted by atomic mass is 16.4. The lowest BCUT2D eigenvalue weighted by atomic mass is 10.1. The molecule has 0 aliphatic carbocycles. The van der Waals surface area contributed by atoms with Gasteiger partial charge in [0.1, 0.15) is 0 Å². The van der Waals surface area contributed by atoms with Gasteiger partial charge in [0, 0.05) is 18.8 Å². The minimum Gasteiger partial charge on any atom is -0.481 e. The number of carbonyl (C=O) groups is 2. The number of urea groups is 1. The molecule has 6 heteroatoms. The Bertz CT molecular complexity index is 435. The molecule has 96 valence electrons. The van der Waals surface area contributed by atoms with Gasteiger partial charge < -0.3 is 15.3 Å². The maximum absolute atomic E-state index is 12.0. The SMILES string of the molecule is O=C(O)CC1CCCN1C(=O)Nc1cccnc1. The summed E-state index contributed by atoms with van der Waals surface area (Å²) in [6.45, 7) is 0.601. The van der Waals surface area contributed by atoms with Crippen LogP contribution in [0.4, 0.5) is 10.5 Å². The molecule has 1 aromatic heterocycles. The quantitative estimate of drug-likeness (QED) is 0.851. The second kappa shape index (κ2) is 5.48. The molecule has 0 bridgehead atoms. The Kier molecular flexibility index (Phi) is 3.76. The molecule has 2 rings (SSSR count). The van der Waals surface area contributed by atoms with Gasteiger partial charge in [-0.25, -0.2) is 4.79 Å². The van der Waals surface area contributed by atoms with E-state index < -0.39 is 5.97 Å². The van der Waals surface area contributed by atoms with Gasteiger partial charge in [0.15, 0.2) is 0 Å². The lowest BCUT2D eigenvalue weighted by Crippen LogP contribution is -2.39. The monoisotopic (exact) mass is 249 g/mol. The van der Waals surface area contributed by atoms with E-state index in [0.717, 1.165) is 12.8 Å². The summed E-state index contributed by atoms with van der Waals surface area (Å²) in [6.07, 6.45) is 4.77. The number of carbonyl (C=O) groups excluding carboxylic acids is 1. The summed E-state index contributed by atoms with van der Waals surface area (Å²) < 4.78 is 0. The van der Waals surface area contributed by atoms with Crippen molar-refractivity contribution in [1.82, 2.24) is 9.88 Å². The maximum Gasteiger partial charge on any atom is 0.322 e. The van der Waals surface area contributed by atoms with E-state index in [4.69, 9.17) is 5.11 Å². The van der Waals surface area contributed by atoms with Gasteiger partial charge >= 0.3 is 12.0 Å². The van der Waals surface area contributed by atoms with Crippen molar-refractivity contribution in [2.45, 2.75) is 25.3 Å². The smallest absolute Gasteiger partial charge is 0.322 e. The predicted molar refractivity (Wildman–Crippen MR) is 65.2 cm³/mol. The third kappa shape index (κ3) is 2.97. The molecule has 1 aromatic rings. The van der Waals surface area contributed by atoms with E-state index >= 15 is 0 Å². The molecular weight excluding hydrogens is 234 g/mol. The number of aromatic nitrogens is 1. The van der Waals surface area contributed by atoms with Crippen LogP contribution in [0.25, 0.3) is 0 Å². The first-order valence-corrected chi connectivity index (χ1v) is 5.86. The molecule has 1 fully saturated rings. The zero-order valence-corrected chi connectivity index (χ0v) is 9.87. The number of likely N-dealkylation sites (tertiary alicyclic amines) is 1. The van der Waals surface area contributed by atoms with E-state index in [-0.39, 0.29) is 18.5 Å². The minimum absolute atomic E-state index is 0.000456. The summed E-state index contributed by atoms with van der Waals surface area (Å²) in [5, 5.41) is 11.5. The Balaban J connectivity index is 1.98. The molecule has 1 aliphatic rings. The Morgan fingerprint density at radius 3 is 3.06 bits per heavy atom. The molecule has 1 saturated heterocycles. The highest BCUT2D eigenvalue weighted by Crippen LogP contribution is 2.21. The Labute approximate surface area is 105 Å². The Morgan fingerprint density at radius 1 is 1.56 bits per heavy atom. The van der Waals surface area contributed by atoms with E-state index in [9.17, 15) is 9.59 Å². The molecule has 1 atom stereocenters. The fraction of sp³-hybridized carbons (Fsp3) is 0.417. The average molecular weight is 249 g/mol. The van der Waals surface area contributed by atoms with Crippen LogP contribution in [0.1, 0.15) is 19.3 Å². The number of anilines is 1. The number of rotatable bonds is 3. The molecule has 0 spiro atoms. The van der Waals surface area contributed by atoms with Crippen LogP contribution in [0.5, 0.6) is 0 Å². The molecule has 0 aromatic carbocycles. The first kappa shape index (κ1) is 12.3. The summed E-state index contributed by atoms with van der Waals surface area (Å²) in [5.41, 5.74) is 0.614. The van der Waals surface area contributed by atoms with E-state index in [1.807, 2.05) is 0 Å². The number of hydrogen-bond acceptors (Lipinski definition) is 3. The van der Waals surface area contributed by atoms with Crippen LogP contribution in [-0.4, -0.2) is 39.6 Å². The predicted octanol–water partition coefficient (Wildman–Crippen LogP) is 1.55. The van der Waals surface area contributed by atoms with E-state index in [0.29, 0.717) is 12.2 Å². The van der Waals surface area contributed by atoms with Crippen LogP contribution < -0.4 is 5.32 Å². The van der Waals surface area contributed by atoms with Crippen molar-refractivity contribution in [1.29, 1.82) is 0 Å². The average Bonchev–Trinajstić information content (AvgIpc) is 2.77. The van der Waals surface area contributed by atoms with Crippen LogP contribution in [-0.2, 0) is 4.79 Å². The second-order valence-electron chi connectivity index (χ2n) is 4.26. The third-order valence-corrected chi connectivity index (χ3v) is 2.96. The summed E-state index contributed by atoms with van der Waals surface area (Å²) in [7, 11) is 0. The van der Waals surface area contributed by atoms with Gasteiger partial charge in [-0.15, -0.1) is 0 Å². The number of hydrogen-bond donors (Lipinski definition) is 2. The fourth-order valence-corrected chi connectivity index (χ4v) is 2.15. The molecule has 2 N–H and O–H groups in total. The normalized spacial score (nSPS) is 18.7. The lowest BCUT2D eigenvalue weighted by molar-refractivity contribution is -0.137. The minimum atomic E-state index is -0.874. The van der Waals surface area contributed by atoms with Gasteiger partial charge in [0.05, 0.1) is 18.3 Å². The first-order chi connectivity index (χ1) is 8.66. The van der Waals surface area contributed by atoms with Gasteiger partial charge in [0.25, 0.3) is 0 Å². The summed E-state index contributed by atoms with van der Waals surface area (Å²) in [6, 6.07) is 3.01. The summed E-state index contributed by atoms with van der Waals surface area (Å²) in [4.78, 5) is 28.2.